The topological polar surface area (TPSA) is 27.7 Å². The van der Waals surface area contributed by atoms with E-state index in [0.717, 1.165) is 40.9 Å². The second kappa shape index (κ2) is 12.4. The summed E-state index contributed by atoms with van der Waals surface area (Å²) in [5, 5.41) is 0. The molecule has 0 amide bonds. The molecule has 0 spiro atoms. The molecule has 0 heterocycles. The third-order valence-electron chi connectivity index (χ3n) is 5.05. The molecule has 0 saturated carbocycles. The number of benzene rings is 4. The summed E-state index contributed by atoms with van der Waals surface area (Å²) >= 11 is 4.64. The first-order valence-electron chi connectivity index (χ1n) is 10.8. The molecule has 0 bridgehead atoms. The second-order valence-electron chi connectivity index (χ2n) is 7.27. The number of halogens is 2. The van der Waals surface area contributed by atoms with Gasteiger partial charge < -0.3 is 14.2 Å². The van der Waals surface area contributed by atoms with E-state index >= 15 is 0 Å². The fourth-order valence-corrected chi connectivity index (χ4v) is 4.82. The Bertz CT molecular complexity index is 1070. The number of hydrogen-bond acceptors (Lipinski definition) is 3. The molecule has 0 saturated heterocycles. The average Bonchev–Trinajstić information content (AvgIpc) is 2.86. The van der Waals surface area contributed by atoms with E-state index in [4.69, 9.17) is 14.2 Å². The highest BCUT2D eigenvalue weighted by molar-refractivity contribution is 14.1. The summed E-state index contributed by atoms with van der Waals surface area (Å²) in [5.41, 5.74) is 4.48. The largest absolute Gasteiger partial charge is 0.489 e. The lowest BCUT2D eigenvalue weighted by Crippen LogP contribution is -2.13. The van der Waals surface area contributed by atoms with E-state index in [2.05, 4.69) is 106 Å². The minimum Gasteiger partial charge on any atom is -0.489 e. The Morgan fingerprint density at radius 1 is 0.455 bits per heavy atom. The van der Waals surface area contributed by atoms with Crippen LogP contribution in [0.4, 0.5) is 0 Å². The van der Waals surface area contributed by atoms with E-state index < -0.39 is 0 Å². The van der Waals surface area contributed by atoms with Gasteiger partial charge in [-0.15, -0.1) is 0 Å². The zero-order valence-corrected chi connectivity index (χ0v) is 22.4. The minimum atomic E-state index is 0.484. The molecular formula is C28H24I2O3. The van der Waals surface area contributed by atoms with Gasteiger partial charge in [0.15, 0.2) is 0 Å². The van der Waals surface area contributed by atoms with E-state index in [9.17, 15) is 0 Å². The van der Waals surface area contributed by atoms with Crippen molar-refractivity contribution in [1.82, 2.24) is 0 Å². The average molecular weight is 662 g/mol. The highest BCUT2D eigenvalue weighted by Crippen LogP contribution is 2.35. The number of para-hydroxylation sites is 2. The van der Waals surface area contributed by atoms with Crippen LogP contribution >= 0.6 is 45.2 Å². The van der Waals surface area contributed by atoms with Gasteiger partial charge in [0.05, 0.1) is 20.4 Å². The molecular weight excluding hydrogens is 638 g/mol. The summed E-state index contributed by atoms with van der Waals surface area (Å²) in [6.45, 7) is 1.97. The molecule has 4 aromatic carbocycles. The van der Waals surface area contributed by atoms with Crippen molar-refractivity contribution in [2.75, 3.05) is 26.4 Å². The maximum absolute atomic E-state index is 6.11. The third kappa shape index (κ3) is 6.49. The Morgan fingerprint density at radius 3 is 1.30 bits per heavy atom. The monoisotopic (exact) mass is 662 g/mol. The van der Waals surface area contributed by atoms with Crippen LogP contribution in [0.15, 0.2) is 97.1 Å². The van der Waals surface area contributed by atoms with Crippen molar-refractivity contribution in [3.05, 3.63) is 104 Å². The van der Waals surface area contributed by atoms with Gasteiger partial charge in [-0.05, 0) is 68.4 Å². The molecule has 0 aromatic heterocycles. The second-order valence-corrected chi connectivity index (χ2v) is 9.60. The van der Waals surface area contributed by atoms with Gasteiger partial charge in [0.1, 0.15) is 24.7 Å². The Labute approximate surface area is 222 Å². The number of ether oxygens (including phenoxy) is 3. The summed E-state index contributed by atoms with van der Waals surface area (Å²) < 4.78 is 20.2. The Kier molecular flexibility index (Phi) is 9.02. The fraction of sp³-hybridized carbons (Fsp3) is 0.143. The van der Waals surface area contributed by atoms with Crippen LogP contribution < -0.4 is 9.47 Å². The molecule has 0 N–H and O–H groups in total. The Morgan fingerprint density at radius 2 is 0.879 bits per heavy atom. The number of rotatable bonds is 10. The molecule has 0 aliphatic carbocycles. The standard InChI is InChI=1S/C28H24I2O3/c29-25-15-7-13-23(21-9-3-1-4-10-21)27(25)32-19-17-31-18-20-33-28-24(14-8-16-26(28)30)22-11-5-2-6-12-22/h1-16H,17-20H2. The molecule has 0 aliphatic heterocycles. The van der Waals surface area contributed by atoms with Crippen molar-refractivity contribution in [1.29, 1.82) is 0 Å². The smallest absolute Gasteiger partial charge is 0.140 e. The molecule has 33 heavy (non-hydrogen) atoms. The first-order valence-corrected chi connectivity index (χ1v) is 12.9. The minimum absolute atomic E-state index is 0.484. The quantitative estimate of drug-likeness (QED) is 0.129. The van der Waals surface area contributed by atoms with Gasteiger partial charge in [-0.3, -0.25) is 0 Å². The molecule has 168 valence electrons. The van der Waals surface area contributed by atoms with E-state index in [-0.39, 0.29) is 0 Å². The first-order chi connectivity index (χ1) is 16.2. The molecule has 3 nitrogen and oxygen atoms in total. The van der Waals surface area contributed by atoms with E-state index in [0.29, 0.717) is 26.4 Å². The molecule has 0 aliphatic rings. The maximum Gasteiger partial charge on any atom is 0.140 e. The Balaban J connectivity index is 1.28. The first kappa shape index (κ1) is 24.0. The van der Waals surface area contributed by atoms with Crippen LogP contribution in [0, 0.1) is 7.14 Å². The lowest BCUT2D eigenvalue weighted by molar-refractivity contribution is 0.0763. The van der Waals surface area contributed by atoms with Crippen LogP contribution in [0.3, 0.4) is 0 Å². The van der Waals surface area contributed by atoms with Crippen molar-refractivity contribution in [3.8, 4) is 33.8 Å². The zero-order chi connectivity index (χ0) is 22.9. The lowest BCUT2D eigenvalue weighted by atomic mass is 10.1. The predicted molar refractivity (Wildman–Crippen MR) is 151 cm³/mol. The fourth-order valence-electron chi connectivity index (χ4n) is 3.51. The van der Waals surface area contributed by atoms with Crippen LogP contribution in [-0.2, 0) is 4.74 Å². The van der Waals surface area contributed by atoms with Crippen LogP contribution in [0.25, 0.3) is 22.3 Å². The summed E-state index contributed by atoms with van der Waals surface area (Å²) in [5.74, 6) is 1.80. The van der Waals surface area contributed by atoms with Gasteiger partial charge in [-0.1, -0.05) is 84.9 Å². The van der Waals surface area contributed by atoms with Gasteiger partial charge in [-0.2, -0.15) is 0 Å². The van der Waals surface area contributed by atoms with Crippen LogP contribution in [0.1, 0.15) is 0 Å². The Hall–Kier alpha value is -2.10. The van der Waals surface area contributed by atoms with Crippen molar-refractivity contribution in [2.45, 2.75) is 0 Å². The van der Waals surface area contributed by atoms with Crippen molar-refractivity contribution < 1.29 is 14.2 Å². The van der Waals surface area contributed by atoms with Crippen molar-refractivity contribution in [2.24, 2.45) is 0 Å². The van der Waals surface area contributed by atoms with Crippen LogP contribution in [0.5, 0.6) is 11.5 Å². The van der Waals surface area contributed by atoms with Gasteiger partial charge >= 0.3 is 0 Å². The molecule has 0 atom stereocenters. The van der Waals surface area contributed by atoms with E-state index in [1.807, 2.05) is 36.4 Å². The highest BCUT2D eigenvalue weighted by atomic mass is 127. The van der Waals surface area contributed by atoms with Crippen LogP contribution in [0.2, 0.25) is 0 Å². The zero-order valence-electron chi connectivity index (χ0n) is 18.0. The molecule has 0 fully saturated rings. The van der Waals surface area contributed by atoms with Crippen molar-refractivity contribution in [3.63, 3.8) is 0 Å². The van der Waals surface area contributed by atoms with Gasteiger partial charge in [0, 0.05) is 11.1 Å². The molecule has 4 aromatic rings. The van der Waals surface area contributed by atoms with Gasteiger partial charge in [0.2, 0.25) is 0 Å². The van der Waals surface area contributed by atoms with Crippen molar-refractivity contribution >= 4 is 45.2 Å². The van der Waals surface area contributed by atoms with E-state index in [1.165, 1.54) is 0 Å². The summed E-state index contributed by atoms with van der Waals surface area (Å²) in [6.07, 6.45) is 0. The third-order valence-corrected chi connectivity index (χ3v) is 6.75. The number of hydrogen-bond donors (Lipinski definition) is 0. The summed E-state index contributed by atoms with van der Waals surface area (Å²) in [7, 11) is 0. The summed E-state index contributed by atoms with van der Waals surface area (Å²) in [6, 6.07) is 33.0. The SMILES string of the molecule is Ic1cccc(-c2ccccc2)c1OCCOCCOc1c(I)cccc1-c1ccccc1. The molecule has 5 heteroatoms. The summed E-state index contributed by atoms with van der Waals surface area (Å²) in [4.78, 5) is 0. The molecule has 0 radical (unpaired) electrons. The van der Waals surface area contributed by atoms with Crippen LogP contribution in [-0.4, -0.2) is 26.4 Å². The maximum atomic E-state index is 6.11. The molecule has 4 rings (SSSR count). The molecule has 0 unspecified atom stereocenters. The normalized spacial score (nSPS) is 10.7. The lowest BCUT2D eigenvalue weighted by Gasteiger charge is -2.15. The van der Waals surface area contributed by atoms with E-state index in [1.54, 1.807) is 0 Å². The predicted octanol–water partition coefficient (Wildman–Crippen LogP) is 7.70. The van der Waals surface area contributed by atoms with Gasteiger partial charge in [0.25, 0.3) is 0 Å². The highest BCUT2D eigenvalue weighted by Gasteiger charge is 2.11. The van der Waals surface area contributed by atoms with Gasteiger partial charge in [-0.25, -0.2) is 0 Å².